The lowest BCUT2D eigenvalue weighted by Gasteiger charge is -2.32. The summed E-state index contributed by atoms with van der Waals surface area (Å²) < 4.78 is 5.20. The first kappa shape index (κ1) is 22.8. The number of hydrogen-bond acceptors (Lipinski definition) is 6. The quantitative estimate of drug-likeness (QED) is 0.361. The number of rotatable bonds is 7. The smallest absolute Gasteiger partial charge is 0.338 e. The SMILES string of the molecule is O=C(OCC(=O)N1CCC(Cc2ccccc2)CC1)c1ccc(N2CCCC2)c([N+](=O)[O-])c1. The first-order valence-corrected chi connectivity index (χ1v) is 11.5. The molecular formula is C25H29N3O5. The van der Waals surface area contributed by atoms with Crippen LogP contribution in [0, 0.1) is 16.0 Å². The molecule has 2 aromatic carbocycles. The number of nitro benzene ring substituents is 1. The molecule has 0 bridgehead atoms. The molecular weight excluding hydrogens is 422 g/mol. The van der Waals surface area contributed by atoms with Crippen LogP contribution in [-0.2, 0) is 16.0 Å². The summed E-state index contributed by atoms with van der Waals surface area (Å²) >= 11 is 0. The van der Waals surface area contributed by atoms with Crippen LogP contribution in [0.15, 0.2) is 48.5 Å². The summed E-state index contributed by atoms with van der Waals surface area (Å²) in [5.74, 6) is -0.420. The van der Waals surface area contributed by atoms with Gasteiger partial charge in [-0.25, -0.2) is 4.79 Å². The van der Waals surface area contributed by atoms with E-state index in [4.69, 9.17) is 4.74 Å². The van der Waals surface area contributed by atoms with Crippen molar-refractivity contribution in [1.82, 2.24) is 4.90 Å². The molecule has 2 aromatic rings. The largest absolute Gasteiger partial charge is 0.452 e. The zero-order valence-corrected chi connectivity index (χ0v) is 18.7. The normalized spacial score (nSPS) is 16.6. The molecule has 0 unspecified atom stereocenters. The van der Waals surface area contributed by atoms with Crippen LogP contribution >= 0.6 is 0 Å². The highest BCUT2D eigenvalue weighted by Crippen LogP contribution is 2.32. The summed E-state index contributed by atoms with van der Waals surface area (Å²) in [5, 5.41) is 11.5. The van der Waals surface area contributed by atoms with E-state index in [2.05, 4.69) is 12.1 Å². The molecule has 2 aliphatic rings. The van der Waals surface area contributed by atoms with Crippen LogP contribution in [0.25, 0.3) is 0 Å². The minimum atomic E-state index is -0.724. The summed E-state index contributed by atoms with van der Waals surface area (Å²) in [6.07, 6.45) is 4.82. The third kappa shape index (κ3) is 5.69. The topological polar surface area (TPSA) is 93.0 Å². The molecule has 0 N–H and O–H groups in total. The predicted octanol–water partition coefficient (Wildman–Crippen LogP) is 3.83. The second-order valence-electron chi connectivity index (χ2n) is 8.74. The lowest BCUT2D eigenvalue weighted by molar-refractivity contribution is -0.384. The summed E-state index contributed by atoms with van der Waals surface area (Å²) in [5.41, 5.74) is 1.79. The highest BCUT2D eigenvalue weighted by Gasteiger charge is 2.26. The Morgan fingerprint density at radius 1 is 1.00 bits per heavy atom. The first-order valence-electron chi connectivity index (χ1n) is 11.5. The average molecular weight is 452 g/mol. The van der Waals surface area contributed by atoms with Crippen molar-refractivity contribution in [1.29, 1.82) is 0 Å². The van der Waals surface area contributed by atoms with Gasteiger partial charge in [0, 0.05) is 32.2 Å². The van der Waals surface area contributed by atoms with Crippen molar-refractivity contribution in [2.24, 2.45) is 5.92 Å². The average Bonchev–Trinajstić information content (AvgIpc) is 3.38. The molecule has 0 atom stereocenters. The first-order chi connectivity index (χ1) is 16.0. The monoisotopic (exact) mass is 451 g/mol. The van der Waals surface area contributed by atoms with Crippen molar-refractivity contribution >= 4 is 23.3 Å². The van der Waals surface area contributed by atoms with Crippen LogP contribution in [0.1, 0.15) is 41.6 Å². The third-order valence-corrected chi connectivity index (χ3v) is 6.52. The molecule has 174 valence electrons. The predicted molar refractivity (Wildman–Crippen MR) is 124 cm³/mol. The van der Waals surface area contributed by atoms with Gasteiger partial charge in [0.1, 0.15) is 5.69 Å². The highest BCUT2D eigenvalue weighted by molar-refractivity contribution is 5.93. The maximum absolute atomic E-state index is 12.5. The number of likely N-dealkylation sites (tertiary alicyclic amines) is 1. The minimum absolute atomic E-state index is 0.0824. The van der Waals surface area contributed by atoms with E-state index in [9.17, 15) is 19.7 Å². The number of piperidine rings is 1. The minimum Gasteiger partial charge on any atom is -0.452 e. The van der Waals surface area contributed by atoms with Crippen LogP contribution in [0.4, 0.5) is 11.4 Å². The van der Waals surface area contributed by atoms with Crippen LogP contribution in [-0.4, -0.2) is 54.5 Å². The number of ether oxygens (including phenoxy) is 1. The molecule has 0 aliphatic carbocycles. The van der Waals surface area contributed by atoms with Gasteiger partial charge in [-0.3, -0.25) is 14.9 Å². The fourth-order valence-electron chi connectivity index (χ4n) is 4.66. The van der Waals surface area contributed by atoms with E-state index in [0.29, 0.717) is 24.7 Å². The Balaban J connectivity index is 1.28. The number of benzene rings is 2. The zero-order valence-electron chi connectivity index (χ0n) is 18.7. The molecule has 2 heterocycles. The summed E-state index contributed by atoms with van der Waals surface area (Å²) in [7, 11) is 0. The van der Waals surface area contributed by atoms with E-state index >= 15 is 0 Å². The maximum atomic E-state index is 12.5. The molecule has 0 aromatic heterocycles. The molecule has 2 saturated heterocycles. The Labute approximate surface area is 193 Å². The molecule has 0 radical (unpaired) electrons. The van der Waals surface area contributed by atoms with Gasteiger partial charge < -0.3 is 14.5 Å². The number of nitrogens with zero attached hydrogens (tertiary/aromatic N) is 3. The number of hydrogen-bond donors (Lipinski definition) is 0. The van der Waals surface area contributed by atoms with Gasteiger partial charge in [0.2, 0.25) is 0 Å². The molecule has 8 nitrogen and oxygen atoms in total. The third-order valence-electron chi connectivity index (χ3n) is 6.52. The van der Waals surface area contributed by atoms with E-state index in [0.717, 1.165) is 45.2 Å². The number of anilines is 1. The fourth-order valence-corrected chi connectivity index (χ4v) is 4.66. The summed E-state index contributed by atoms with van der Waals surface area (Å²) in [4.78, 5) is 39.7. The number of nitro groups is 1. The van der Waals surface area contributed by atoms with E-state index < -0.39 is 10.9 Å². The van der Waals surface area contributed by atoms with Crippen molar-refractivity contribution < 1.29 is 19.2 Å². The Kier molecular flexibility index (Phi) is 7.22. The molecule has 2 fully saturated rings. The van der Waals surface area contributed by atoms with Gasteiger partial charge in [0.25, 0.3) is 11.6 Å². The number of amides is 1. The molecule has 2 aliphatic heterocycles. The summed E-state index contributed by atoms with van der Waals surface area (Å²) in [6, 6.07) is 14.7. The fraction of sp³-hybridized carbons (Fsp3) is 0.440. The van der Waals surface area contributed by atoms with Gasteiger partial charge in [0.15, 0.2) is 6.61 Å². The number of carbonyl (C=O) groups excluding carboxylic acids is 2. The van der Waals surface area contributed by atoms with Crippen molar-refractivity contribution in [3.05, 3.63) is 69.8 Å². The molecule has 4 rings (SSSR count). The van der Waals surface area contributed by atoms with Gasteiger partial charge >= 0.3 is 5.97 Å². The second-order valence-corrected chi connectivity index (χ2v) is 8.74. The van der Waals surface area contributed by atoms with E-state index in [1.54, 1.807) is 11.0 Å². The lowest BCUT2D eigenvalue weighted by atomic mass is 9.90. The Hall–Kier alpha value is -3.42. The van der Waals surface area contributed by atoms with Crippen LogP contribution < -0.4 is 4.90 Å². The Morgan fingerprint density at radius 3 is 2.36 bits per heavy atom. The molecule has 33 heavy (non-hydrogen) atoms. The zero-order chi connectivity index (χ0) is 23.2. The van der Waals surface area contributed by atoms with E-state index in [1.165, 1.54) is 17.7 Å². The van der Waals surface area contributed by atoms with Crippen molar-refractivity contribution in [2.45, 2.75) is 32.1 Å². The standard InChI is InChI=1S/C25H29N3O5/c29-24(27-14-10-20(11-15-27)16-19-6-2-1-3-7-19)18-33-25(30)21-8-9-22(23(17-21)28(31)32)26-12-4-5-13-26/h1-3,6-9,17,20H,4-5,10-16,18H2. The van der Waals surface area contributed by atoms with Crippen LogP contribution in [0.5, 0.6) is 0 Å². The summed E-state index contributed by atoms with van der Waals surface area (Å²) in [6.45, 7) is 2.46. The molecule has 0 spiro atoms. The highest BCUT2D eigenvalue weighted by atomic mass is 16.6. The van der Waals surface area contributed by atoms with E-state index in [-0.39, 0.29) is 23.8 Å². The van der Waals surface area contributed by atoms with Crippen molar-refractivity contribution in [3.63, 3.8) is 0 Å². The number of esters is 1. The van der Waals surface area contributed by atoms with Gasteiger partial charge in [-0.2, -0.15) is 0 Å². The van der Waals surface area contributed by atoms with Crippen LogP contribution in [0.2, 0.25) is 0 Å². The Morgan fingerprint density at radius 2 is 1.70 bits per heavy atom. The van der Waals surface area contributed by atoms with E-state index in [1.807, 2.05) is 23.1 Å². The van der Waals surface area contributed by atoms with Gasteiger partial charge in [-0.1, -0.05) is 30.3 Å². The van der Waals surface area contributed by atoms with Crippen molar-refractivity contribution in [2.75, 3.05) is 37.7 Å². The number of carbonyl (C=O) groups is 2. The molecule has 8 heteroatoms. The molecule has 0 saturated carbocycles. The second kappa shape index (κ2) is 10.5. The Bertz CT molecular complexity index is 996. The van der Waals surface area contributed by atoms with Crippen molar-refractivity contribution in [3.8, 4) is 0 Å². The lowest BCUT2D eigenvalue weighted by Crippen LogP contribution is -2.41. The molecule has 1 amide bonds. The van der Waals surface area contributed by atoms with Gasteiger partial charge in [-0.15, -0.1) is 0 Å². The van der Waals surface area contributed by atoms with Crippen LogP contribution in [0.3, 0.4) is 0 Å². The van der Waals surface area contributed by atoms with Gasteiger partial charge in [0.05, 0.1) is 10.5 Å². The van der Waals surface area contributed by atoms with Gasteiger partial charge in [-0.05, 0) is 55.7 Å². The maximum Gasteiger partial charge on any atom is 0.338 e.